The summed E-state index contributed by atoms with van der Waals surface area (Å²) in [5.74, 6) is 0. The summed E-state index contributed by atoms with van der Waals surface area (Å²) in [6.45, 7) is 1.93. The van der Waals surface area contributed by atoms with Gasteiger partial charge in [-0.3, -0.25) is 0 Å². The Hall–Kier alpha value is -0.0800. The van der Waals surface area contributed by atoms with Crippen LogP contribution in [0, 0.1) is 6.61 Å². The quantitative estimate of drug-likeness (QED) is 0.527. The highest BCUT2D eigenvalue weighted by Crippen LogP contribution is 1.90. The maximum atomic E-state index is 8.22. The van der Waals surface area contributed by atoms with E-state index in [1.807, 2.05) is 0 Å². The Labute approximate surface area is 44.1 Å². The third-order valence-electron chi connectivity index (χ3n) is 0.647. The average molecular weight is 103 g/mol. The molecule has 0 atom stereocenters. The Bertz CT molecular complexity index is 25.3. The third-order valence-corrected chi connectivity index (χ3v) is 0.647. The van der Waals surface area contributed by atoms with Crippen molar-refractivity contribution >= 4 is 0 Å². The number of rotatable bonds is 4. The molecule has 1 N–H and O–H groups in total. The molecule has 0 aliphatic heterocycles. The van der Waals surface area contributed by atoms with E-state index in [-0.39, 0.29) is 6.61 Å². The number of methoxy groups -OCH3 is 1. The molecule has 0 spiro atoms. The van der Waals surface area contributed by atoms with Gasteiger partial charge in [-0.15, -0.1) is 0 Å². The predicted molar refractivity (Wildman–Crippen MR) is 27.6 cm³/mol. The first-order valence-electron chi connectivity index (χ1n) is 2.37. The molecule has 0 bridgehead atoms. The highest BCUT2D eigenvalue weighted by molar-refractivity contribution is 4.46. The lowest BCUT2D eigenvalue weighted by molar-refractivity contribution is 0.239. The lowest BCUT2D eigenvalue weighted by Gasteiger charge is -1.91. The molecule has 2 nitrogen and oxygen atoms in total. The zero-order chi connectivity index (χ0) is 5.54. The van der Waals surface area contributed by atoms with Gasteiger partial charge in [0.1, 0.15) is 0 Å². The van der Waals surface area contributed by atoms with Gasteiger partial charge in [-0.25, -0.2) is 0 Å². The normalized spacial score (nSPS) is 9.43. The lowest BCUT2D eigenvalue weighted by atomic mass is 10.3. The van der Waals surface area contributed by atoms with Crippen LogP contribution in [-0.4, -0.2) is 18.8 Å². The molecule has 0 unspecified atom stereocenters. The fourth-order valence-corrected chi connectivity index (χ4v) is 0.292. The minimum atomic E-state index is 0.250. The smallest absolute Gasteiger partial charge is 0.0833 e. The minimum Gasteiger partial charge on any atom is -0.396 e. The van der Waals surface area contributed by atoms with E-state index < -0.39 is 0 Å². The molecule has 0 rings (SSSR count). The van der Waals surface area contributed by atoms with Gasteiger partial charge in [0.15, 0.2) is 0 Å². The van der Waals surface area contributed by atoms with Crippen molar-refractivity contribution in [2.24, 2.45) is 0 Å². The molecule has 2 heteroatoms. The molecule has 1 radical (unpaired) electrons. The van der Waals surface area contributed by atoms with Crippen LogP contribution in [0.5, 0.6) is 0 Å². The van der Waals surface area contributed by atoms with Crippen molar-refractivity contribution in [2.75, 3.05) is 13.7 Å². The minimum absolute atomic E-state index is 0.250. The number of ether oxygens (including phenoxy) is 1. The van der Waals surface area contributed by atoms with Gasteiger partial charge in [-0.05, 0) is 12.8 Å². The highest BCUT2D eigenvalue weighted by atomic mass is 16.5. The zero-order valence-electron chi connectivity index (χ0n) is 4.55. The van der Waals surface area contributed by atoms with Crippen LogP contribution in [0.15, 0.2) is 0 Å². The van der Waals surface area contributed by atoms with Crippen LogP contribution in [0.3, 0.4) is 0 Å². The van der Waals surface area contributed by atoms with Gasteiger partial charge in [-0.1, -0.05) is 0 Å². The first kappa shape index (κ1) is 6.92. The van der Waals surface area contributed by atoms with Crippen molar-refractivity contribution < 1.29 is 9.84 Å². The Morgan fingerprint density at radius 3 is 2.86 bits per heavy atom. The summed E-state index contributed by atoms with van der Waals surface area (Å²) < 4.78 is 4.61. The molecule has 0 aromatic rings. The molecule has 0 saturated carbocycles. The van der Waals surface area contributed by atoms with Gasteiger partial charge in [0, 0.05) is 13.7 Å². The number of unbranched alkanes of at least 4 members (excludes halogenated alkanes) is 1. The van der Waals surface area contributed by atoms with Crippen LogP contribution in [-0.2, 0) is 4.74 Å². The van der Waals surface area contributed by atoms with Crippen LogP contribution in [0.1, 0.15) is 12.8 Å². The first-order chi connectivity index (χ1) is 3.41. The molecule has 0 fully saturated rings. The molecule has 0 aliphatic carbocycles. The number of hydrogen-bond acceptors (Lipinski definition) is 2. The second-order valence-corrected chi connectivity index (χ2v) is 1.27. The largest absolute Gasteiger partial charge is 0.396 e. The fraction of sp³-hybridized carbons (Fsp3) is 0.800. The van der Waals surface area contributed by atoms with Gasteiger partial charge < -0.3 is 9.84 Å². The van der Waals surface area contributed by atoms with E-state index in [1.54, 1.807) is 13.7 Å². The predicted octanol–water partition coefficient (Wildman–Crippen LogP) is 0.567. The molecule has 0 heterocycles. The topological polar surface area (TPSA) is 29.5 Å². The Balaban J connectivity index is 2.45. The van der Waals surface area contributed by atoms with Crippen LogP contribution < -0.4 is 0 Å². The van der Waals surface area contributed by atoms with Crippen molar-refractivity contribution in [3.63, 3.8) is 0 Å². The van der Waals surface area contributed by atoms with Crippen molar-refractivity contribution in [3.05, 3.63) is 6.61 Å². The maximum Gasteiger partial charge on any atom is 0.0833 e. The molecule has 0 aliphatic rings. The van der Waals surface area contributed by atoms with Gasteiger partial charge >= 0.3 is 0 Å². The molecule has 0 aromatic carbocycles. The van der Waals surface area contributed by atoms with E-state index in [4.69, 9.17) is 5.11 Å². The van der Waals surface area contributed by atoms with E-state index >= 15 is 0 Å². The second kappa shape index (κ2) is 5.92. The van der Waals surface area contributed by atoms with E-state index in [1.165, 1.54) is 0 Å². The summed E-state index contributed by atoms with van der Waals surface area (Å²) in [4.78, 5) is 0. The third kappa shape index (κ3) is 5.92. The Morgan fingerprint density at radius 2 is 2.43 bits per heavy atom. The summed E-state index contributed by atoms with van der Waals surface area (Å²) in [5.41, 5.74) is 0. The fourth-order valence-electron chi connectivity index (χ4n) is 0.292. The summed E-state index contributed by atoms with van der Waals surface area (Å²) >= 11 is 0. The summed E-state index contributed by atoms with van der Waals surface area (Å²) in [6.07, 6.45) is 1.64. The van der Waals surface area contributed by atoms with Crippen LogP contribution >= 0.6 is 0 Å². The molecule has 7 heavy (non-hydrogen) atoms. The molecular formula is C5H11O2. The number of hydrogen-bond donors (Lipinski definition) is 1. The number of aliphatic hydroxyl groups excluding tert-OH is 1. The van der Waals surface area contributed by atoms with E-state index in [9.17, 15) is 0 Å². The maximum absolute atomic E-state index is 8.22. The van der Waals surface area contributed by atoms with Gasteiger partial charge in [0.25, 0.3) is 0 Å². The SMILES string of the molecule is CO[CH]CCCO. The second-order valence-electron chi connectivity index (χ2n) is 1.27. The van der Waals surface area contributed by atoms with Crippen molar-refractivity contribution in [3.8, 4) is 0 Å². The van der Waals surface area contributed by atoms with E-state index in [2.05, 4.69) is 4.74 Å². The first-order valence-corrected chi connectivity index (χ1v) is 2.37. The molecule has 0 saturated heterocycles. The zero-order valence-corrected chi connectivity index (χ0v) is 4.55. The van der Waals surface area contributed by atoms with Crippen molar-refractivity contribution in [1.82, 2.24) is 0 Å². The summed E-state index contributed by atoms with van der Waals surface area (Å²) in [6, 6.07) is 0. The lowest BCUT2D eigenvalue weighted by Crippen LogP contribution is -1.84. The van der Waals surface area contributed by atoms with Gasteiger partial charge in [-0.2, -0.15) is 0 Å². The van der Waals surface area contributed by atoms with Crippen molar-refractivity contribution in [2.45, 2.75) is 12.8 Å². The highest BCUT2D eigenvalue weighted by Gasteiger charge is 1.81. The Morgan fingerprint density at radius 1 is 1.71 bits per heavy atom. The monoisotopic (exact) mass is 103 g/mol. The standard InChI is InChI=1S/C5H11O2/c1-7-5-3-2-4-6/h5-6H,2-4H2,1H3. The van der Waals surface area contributed by atoms with Crippen LogP contribution in [0.2, 0.25) is 0 Å². The summed E-state index contributed by atoms with van der Waals surface area (Å²) in [7, 11) is 1.61. The Kier molecular flexibility index (Phi) is 5.85. The average Bonchev–Trinajstić information content (AvgIpc) is 1.69. The molecule has 0 aromatic heterocycles. The van der Waals surface area contributed by atoms with Crippen molar-refractivity contribution in [1.29, 1.82) is 0 Å². The van der Waals surface area contributed by atoms with E-state index in [0.717, 1.165) is 12.8 Å². The van der Waals surface area contributed by atoms with Crippen LogP contribution in [0.25, 0.3) is 0 Å². The molecule has 43 valence electrons. The molecular weight excluding hydrogens is 92.1 g/mol. The van der Waals surface area contributed by atoms with Gasteiger partial charge in [0.2, 0.25) is 0 Å². The van der Waals surface area contributed by atoms with E-state index in [0.29, 0.717) is 0 Å². The van der Waals surface area contributed by atoms with Crippen LogP contribution in [0.4, 0.5) is 0 Å². The molecule has 0 amide bonds. The summed E-state index contributed by atoms with van der Waals surface area (Å²) in [5, 5.41) is 8.22. The van der Waals surface area contributed by atoms with Gasteiger partial charge in [0.05, 0.1) is 6.61 Å². The number of aliphatic hydroxyl groups is 1.